The normalized spacial score (nSPS) is 17.4. The lowest BCUT2D eigenvalue weighted by molar-refractivity contribution is -0.385. The van der Waals surface area contributed by atoms with Crippen LogP contribution in [0.15, 0.2) is 0 Å². The van der Waals surface area contributed by atoms with Gasteiger partial charge in [-0.05, 0) is 18.0 Å². The number of aromatic nitrogens is 2. The largest absolute Gasteiger partial charge is 0.480 e. The fraction of sp³-hybridized carbons (Fsp3) is 0.545. The molecule has 1 aromatic heterocycles. The van der Waals surface area contributed by atoms with Crippen molar-refractivity contribution in [3.63, 3.8) is 0 Å². The Kier molecular flexibility index (Phi) is 5.41. The molecule has 0 spiro atoms. The highest BCUT2D eigenvalue weighted by atomic mass is 35.5. The molecule has 1 unspecified atom stereocenters. The summed E-state index contributed by atoms with van der Waals surface area (Å²) in [5, 5.41) is 22.5. The second-order valence-corrected chi connectivity index (χ2v) is 4.82. The molecular weight excluding hydrogens is 320 g/mol. The van der Waals surface area contributed by atoms with E-state index in [1.54, 1.807) is 0 Å². The summed E-state index contributed by atoms with van der Waals surface area (Å²) in [6, 6.07) is -0.113. The fourth-order valence-corrected chi connectivity index (χ4v) is 2.13. The second kappa shape index (κ2) is 7.29. The molecule has 120 valence electrons. The number of ether oxygens (including phenoxy) is 2. The predicted molar refractivity (Wildman–Crippen MR) is 73.8 cm³/mol. The topological polar surface area (TPSA) is 137 Å². The monoisotopic (exact) mass is 332 g/mol. The van der Waals surface area contributed by atoms with Gasteiger partial charge in [0, 0.05) is 6.61 Å². The summed E-state index contributed by atoms with van der Waals surface area (Å²) in [4.78, 5) is 28.6. The minimum absolute atomic E-state index is 0.0329. The number of rotatable bonds is 7. The Morgan fingerprint density at radius 2 is 2.36 bits per heavy atom. The molecular formula is C11H13ClN4O6. The van der Waals surface area contributed by atoms with E-state index < -0.39 is 17.5 Å². The van der Waals surface area contributed by atoms with Crippen LogP contribution >= 0.6 is 11.6 Å². The summed E-state index contributed by atoms with van der Waals surface area (Å²) in [7, 11) is 0. The van der Waals surface area contributed by atoms with Crippen LogP contribution in [0.25, 0.3) is 0 Å². The van der Waals surface area contributed by atoms with Crippen LogP contribution in [-0.2, 0) is 20.9 Å². The number of nitrogens with zero attached hydrogens (tertiary/aromatic N) is 3. The molecule has 1 fully saturated rings. The van der Waals surface area contributed by atoms with Crippen LogP contribution in [0.1, 0.15) is 12.1 Å². The standard InChI is InChI=1S/C11H13ClN4O6/c12-11-14-7(4-22-5-8(17)18)9(16(19)20)10(15-11)13-6-1-2-21-3-6/h6H,1-5H2,(H,17,18)(H,13,14,15). The first-order chi connectivity index (χ1) is 10.5. The number of anilines is 1. The van der Waals surface area contributed by atoms with Crippen LogP contribution in [0.2, 0.25) is 5.28 Å². The summed E-state index contributed by atoms with van der Waals surface area (Å²) < 4.78 is 10.0. The number of carbonyl (C=O) groups is 1. The van der Waals surface area contributed by atoms with Crippen molar-refractivity contribution >= 4 is 29.1 Å². The molecule has 2 rings (SSSR count). The van der Waals surface area contributed by atoms with Crippen LogP contribution in [0.4, 0.5) is 11.5 Å². The average molecular weight is 333 g/mol. The first-order valence-electron chi connectivity index (χ1n) is 6.32. The SMILES string of the molecule is O=C(O)COCc1nc(Cl)nc(NC2CCOC2)c1[N+](=O)[O-]. The molecule has 2 heterocycles. The maximum atomic E-state index is 11.3. The van der Waals surface area contributed by atoms with Crippen molar-refractivity contribution in [3.8, 4) is 0 Å². The summed E-state index contributed by atoms with van der Waals surface area (Å²) in [5.74, 6) is -1.22. The Morgan fingerprint density at radius 1 is 1.59 bits per heavy atom. The van der Waals surface area contributed by atoms with Gasteiger partial charge in [-0.15, -0.1) is 0 Å². The van der Waals surface area contributed by atoms with E-state index in [0.717, 1.165) is 0 Å². The Hall–Kier alpha value is -2.04. The molecule has 1 aliphatic rings. The molecule has 22 heavy (non-hydrogen) atoms. The lowest BCUT2D eigenvalue weighted by Crippen LogP contribution is -2.21. The molecule has 0 saturated carbocycles. The molecule has 1 aliphatic heterocycles. The quantitative estimate of drug-likeness (QED) is 0.422. The Bertz CT molecular complexity index is 578. The van der Waals surface area contributed by atoms with E-state index in [2.05, 4.69) is 15.3 Å². The van der Waals surface area contributed by atoms with Crippen LogP contribution in [-0.4, -0.2) is 51.8 Å². The summed E-state index contributed by atoms with van der Waals surface area (Å²) in [6.45, 7) is 0.00118. The number of hydrogen-bond donors (Lipinski definition) is 2. The van der Waals surface area contributed by atoms with E-state index in [0.29, 0.717) is 19.6 Å². The first-order valence-corrected chi connectivity index (χ1v) is 6.69. The molecule has 0 aliphatic carbocycles. The smallest absolute Gasteiger partial charge is 0.335 e. The van der Waals surface area contributed by atoms with E-state index in [1.165, 1.54) is 0 Å². The number of nitrogens with one attached hydrogen (secondary N) is 1. The van der Waals surface area contributed by atoms with Gasteiger partial charge in [0.2, 0.25) is 11.1 Å². The van der Waals surface area contributed by atoms with Gasteiger partial charge in [-0.3, -0.25) is 10.1 Å². The Balaban J connectivity index is 2.24. The zero-order valence-corrected chi connectivity index (χ0v) is 12.1. The van der Waals surface area contributed by atoms with Gasteiger partial charge in [0.25, 0.3) is 0 Å². The van der Waals surface area contributed by atoms with Crippen molar-refractivity contribution in [1.82, 2.24) is 9.97 Å². The fourth-order valence-electron chi connectivity index (χ4n) is 1.94. The molecule has 0 radical (unpaired) electrons. The molecule has 2 N–H and O–H groups in total. The molecule has 1 aromatic rings. The maximum absolute atomic E-state index is 11.3. The number of carboxylic acids is 1. The van der Waals surface area contributed by atoms with Crippen molar-refractivity contribution in [2.75, 3.05) is 25.1 Å². The Labute approximate surface area is 129 Å². The minimum atomic E-state index is -1.19. The van der Waals surface area contributed by atoms with Crippen molar-refractivity contribution in [1.29, 1.82) is 0 Å². The molecule has 0 amide bonds. The van der Waals surface area contributed by atoms with Gasteiger partial charge in [-0.25, -0.2) is 9.78 Å². The van der Waals surface area contributed by atoms with Crippen LogP contribution < -0.4 is 5.32 Å². The van der Waals surface area contributed by atoms with Crippen molar-refractivity contribution in [2.45, 2.75) is 19.1 Å². The zero-order valence-electron chi connectivity index (χ0n) is 11.3. The van der Waals surface area contributed by atoms with Crippen molar-refractivity contribution in [3.05, 3.63) is 21.1 Å². The van der Waals surface area contributed by atoms with Crippen molar-refractivity contribution < 1.29 is 24.3 Å². The molecule has 0 aromatic carbocycles. The number of nitro groups is 1. The van der Waals surface area contributed by atoms with Gasteiger partial charge in [0.1, 0.15) is 6.61 Å². The number of hydrogen-bond acceptors (Lipinski definition) is 8. The Morgan fingerprint density at radius 3 is 2.95 bits per heavy atom. The second-order valence-electron chi connectivity index (χ2n) is 4.49. The van der Waals surface area contributed by atoms with E-state index in [1.807, 2.05) is 0 Å². The highest BCUT2D eigenvalue weighted by molar-refractivity contribution is 6.28. The molecule has 0 bridgehead atoms. The zero-order chi connectivity index (χ0) is 16.1. The number of aliphatic carboxylic acids is 1. The predicted octanol–water partition coefficient (Wildman–Crippen LogP) is 0.840. The third-order valence-corrected chi connectivity index (χ3v) is 3.02. The van der Waals surface area contributed by atoms with E-state index >= 15 is 0 Å². The lowest BCUT2D eigenvalue weighted by Gasteiger charge is -2.13. The van der Waals surface area contributed by atoms with Gasteiger partial charge >= 0.3 is 11.7 Å². The average Bonchev–Trinajstić information content (AvgIpc) is 2.90. The summed E-state index contributed by atoms with van der Waals surface area (Å²) in [6.07, 6.45) is 0.684. The molecule has 10 nitrogen and oxygen atoms in total. The van der Waals surface area contributed by atoms with E-state index in [4.69, 9.17) is 26.2 Å². The van der Waals surface area contributed by atoms with Gasteiger partial charge in [0.15, 0.2) is 5.69 Å². The third kappa shape index (κ3) is 4.23. The molecule has 1 atom stereocenters. The third-order valence-electron chi connectivity index (χ3n) is 2.85. The number of carboxylic acid groups (broad SMARTS) is 1. The van der Waals surface area contributed by atoms with E-state index in [-0.39, 0.29) is 35.1 Å². The number of halogens is 1. The van der Waals surface area contributed by atoms with Gasteiger partial charge < -0.3 is 19.9 Å². The highest BCUT2D eigenvalue weighted by Crippen LogP contribution is 2.29. The van der Waals surface area contributed by atoms with Crippen molar-refractivity contribution in [2.24, 2.45) is 0 Å². The van der Waals surface area contributed by atoms with Crippen LogP contribution in [0.5, 0.6) is 0 Å². The summed E-state index contributed by atoms with van der Waals surface area (Å²) in [5.41, 5.74) is -0.477. The summed E-state index contributed by atoms with van der Waals surface area (Å²) >= 11 is 5.77. The van der Waals surface area contributed by atoms with Crippen LogP contribution in [0.3, 0.4) is 0 Å². The maximum Gasteiger partial charge on any atom is 0.335 e. The molecule has 11 heteroatoms. The first kappa shape index (κ1) is 16.3. The van der Waals surface area contributed by atoms with Crippen LogP contribution in [0, 0.1) is 10.1 Å². The van der Waals surface area contributed by atoms with Gasteiger partial charge in [-0.2, -0.15) is 4.98 Å². The molecule has 1 saturated heterocycles. The highest BCUT2D eigenvalue weighted by Gasteiger charge is 2.27. The lowest BCUT2D eigenvalue weighted by atomic mass is 10.2. The van der Waals surface area contributed by atoms with Gasteiger partial charge in [0.05, 0.1) is 24.2 Å². The van der Waals surface area contributed by atoms with Gasteiger partial charge in [-0.1, -0.05) is 0 Å². The minimum Gasteiger partial charge on any atom is -0.480 e. The van der Waals surface area contributed by atoms with E-state index in [9.17, 15) is 14.9 Å².